The number of amides is 2. The number of nitrogens with zero attached hydrogens (tertiary/aromatic N) is 2. The van der Waals surface area contributed by atoms with Crippen molar-refractivity contribution in [2.45, 2.75) is 33.0 Å². The molecule has 2 atom stereocenters. The maximum absolute atomic E-state index is 12.0. The molecule has 19 heavy (non-hydrogen) atoms. The van der Waals surface area contributed by atoms with Crippen LogP contribution in [-0.4, -0.2) is 47.0 Å². The van der Waals surface area contributed by atoms with Gasteiger partial charge in [0.1, 0.15) is 0 Å². The summed E-state index contributed by atoms with van der Waals surface area (Å²) in [7, 11) is 0. The zero-order chi connectivity index (χ0) is 14.0. The highest BCUT2D eigenvalue weighted by atomic mass is 32.1. The van der Waals surface area contributed by atoms with E-state index >= 15 is 0 Å². The average molecular weight is 283 g/mol. The molecule has 1 aliphatic rings. The van der Waals surface area contributed by atoms with Crippen LogP contribution in [0.25, 0.3) is 0 Å². The molecule has 6 nitrogen and oxygen atoms in total. The van der Waals surface area contributed by atoms with Crippen LogP contribution in [0.15, 0.2) is 5.38 Å². The van der Waals surface area contributed by atoms with Gasteiger partial charge in [0.25, 0.3) is 0 Å². The molecule has 104 valence electrons. The van der Waals surface area contributed by atoms with E-state index in [1.54, 1.807) is 0 Å². The molecule has 1 aromatic heterocycles. The molecule has 2 rings (SSSR count). The molecule has 1 saturated heterocycles. The van der Waals surface area contributed by atoms with Crippen LogP contribution in [0, 0.1) is 6.92 Å². The van der Waals surface area contributed by atoms with Gasteiger partial charge in [0.15, 0.2) is 5.13 Å². The third-order valence-electron chi connectivity index (χ3n) is 2.74. The van der Waals surface area contributed by atoms with E-state index in [0.29, 0.717) is 18.2 Å². The number of ether oxygens (including phenoxy) is 1. The minimum absolute atomic E-state index is 0.0531. The monoisotopic (exact) mass is 283 g/mol. The second-order valence-corrected chi connectivity index (χ2v) is 5.57. The van der Waals surface area contributed by atoms with Crippen LogP contribution >= 0.6 is 11.3 Å². The third kappa shape index (κ3) is 3.51. The van der Waals surface area contributed by atoms with Gasteiger partial charge in [-0.15, -0.1) is 11.3 Å². The Bertz CT molecular complexity index is 478. The van der Waals surface area contributed by atoms with E-state index in [4.69, 9.17) is 4.74 Å². The lowest BCUT2D eigenvalue weighted by Gasteiger charge is -2.34. The second kappa shape index (κ2) is 5.66. The summed E-state index contributed by atoms with van der Waals surface area (Å²) in [6, 6.07) is 0. The van der Waals surface area contributed by atoms with Gasteiger partial charge in [-0.1, -0.05) is 0 Å². The molecule has 0 spiro atoms. The number of thiazole rings is 1. The first-order valence-electron chi connectivity index (χ1n) is 6.13. The van der Waals surface area contributed by atoms with Crippen molar-refractivity contribution < 1.29 is 14.3 Å². The van der Waals surface area contributed by atoms with Crippen molar-refractivity contribution in [2.24, 2.45) is 0 Å². The number of hydrogen-bond acceptors (Lipinski definition) is 5. The molecule has 0 bridgehead atoms. The topological polar surface area (TPSA) is 71.5 Å². The van der Waals surface area contributed by atoms with E-state index in [0.717, 1.165) is 5.69 Å². The van der Waals surface area contributed by atoms with Gasteiger partial charge >= 0.3 is 11.8 Å². The lowest BCUT2D eigenvalue weighted by atomic mass is 10.2. The van der Waals surface area contributed by atoms with Gasteiger partial charge in [-0.25, -0.2) is 4.98 Å². The Balaban J connectivity index is 1.97. The smallest absolute Gasteiger partial charge is 0.315 e. The standard InChI is InChI=1S/C12H17N3O3S/c1-7-6-19-12(13-7)14-10(16)11(17)15-4-8(2)18-9(3)5-15/h6,8-9H,4-5H2,1-3H3,(H,13,14,16). The fraction of sp³-hybridized carbons (Fsp3) is 0.583. The lowest BCUT2D eigenvalue weighted by molar-refractivity contribution is -0.151. The maximum Gasteiger partial charge on any atom is 0.315 e. The quantitative estimate of drug-likeness (QED) is 0.781. The minimum atomic E-state index is -0.643. The first-order chi connectivity index (χ1) is 8.95. The van der Waals surface area contributed by atoms with Gasteiger partial charge in [0, 0.05) is 18.5 Å². The minimum Gasteiger partial charge on any atom is -0.372 e. The van der Waals surface area contributed by atoms with Crippen LogP contribution in [0.2, 0.25) is 0 Å². The fourth-order valence-electron chi connectivity index (χ4n) is 2.05. The summed E-state index contributed by atoms with van der Waals surface area (Å²) in [5.74, 6) is -1.18. The lowest BCUT2D eigenvalue weighted by Crippen LogP contribution is -2.51. The van der Waals surface area contributed by atoms with Crippen molar-refractivity contribution in [3.8, 4) is 0 Å². The number of rotatable bonds is 1. The SMILES string of the molecule is Cc1csc(NC(=O)C(=O)N2CC(C)OC(C)C2)n1. The summed E-state index contributed by atoms with van der Waals surface area (Å²) in [6.45, 7) is 6.48. The number of morpholine rings is 1. The van der Waals surface area contributed by atoms with Gasteiger partial charge in [0.2, 0.25) is 0 Å². The van der Waals surface area contributed by atoms with E-state index < -0.39 is 11.8 Å². The summed E-state index contributed by atoms with van der Waals surface area (Å²) >= 11 is 1.30. The van der Waals surface area contributed by atoms with Gasteiger partial charge in [-0.2, -0.15) is 0 Å². The van der Waals surface area contributed by atoms with Crippen LogP contribution in [0.5, 0.6) is 0 Å². The highest BCUT2D eigenvalue weighted by Crippen LogP contribution is 2.15. The van der Waals surface area contributed by atoms with Crippen LogP contribution in [0.4, 0.5) is 5.13 Å². The van der Waals surface area contributed by atoms with Crippen molar-refractivity contribution in [3.05, 3.63) is 11.1 Å². The van der Waals surface area contributed by atoms with Crippen molar-refractivity contribution in [1.82, 2.24) is 9.88 Å². The predicted molar refractivity (Wildman–Crippen MR) is 72.1 cm³/mol. The number of anilines is 1. The van der Waals surface area contributed by atoms with Crippen LogP contribution in [-0.2, 0) is 14.3 Å². The van der Waals surface area contributed by atoms with Gasteiger partial charge in [0.05, 0.1) is 17.9 Å². The summed E-state index contributed by atoms with van der Waals surface area (Å²) in [4.78, 5) is 29.5. The number of aromatic nitrogens is 1. The molecule has 1 fully saturated rings. The molecule has 0 aromatic carbocycles. The van der Waals surface area contributed by atoms with E-state index in [-0.39, 0.29) is 12.2 Å². The van der Waals surface area contributed by atoms with Crippen molar-refractivity contribution >= 4 is 28.3 Å². The van der Waals surface area contributed by atoms with Gasteiger partial charge in [-0.3, -0.25) is 14.9 Å². The molecule has 0 radical (unpaired) electrons. The average Bonchev–Trinajstić information content (AvgIpc) is 2.72. The summed E-state index contributed by atoms with van der Waals surface area (Å²) < 4.78 is 5.53. The van der Waals surface area contributed by atoms with Gasteiger partial charge in [-0.05, 0) is 20.8 Å². The molecule has 2 amide bonds. The molecule has 1 N–H and O–H groups in total. The summed E-state index contributed by atoms with van der Waals surface area (Å²) in [5.41, 5.74) is 0.821. The molecule has 2 heterocycles. The van der Waals surface area contributed by atoms with Crippen LogP contribution < -0.4 is 5.32 Å². The predicted octanol–water partition coefficient (Wildman–Crippen LogP) is 1.03. The van der Waals surface area contributed by atoms with Crippen LogP contribution in [0.3, 0.4) is 0 Å². The molecule has 2 unspecified atom stereocenters. The highest BCUT2D eigenvalue weighted by molar-refractivity contribution is 7.14. The molecular weight excluding hydrogens is 266 g/mol. The third-order valence-corrected chi connectivity index (χ3v) is 3.62. The number of carbonyl (C=O) groups is 2. The Hall–Kier alpha value is -1.47. The largest absolute Gasteiger partial charge is 0.372 e. The first-order valence-corrected chi connectivity index (χ1v) is 7.01. The Morgan fingerprint density at radius 2 is 2.05 bits per heavy atom. The molecular formula is C12H17N3O3S. The Morgan fingerprint density at radius 3 is 2.58 bits per heavy atom. The molecule has 1 aromatic rings. The van der Waals surface area contributed by atoms with E-state index in [2.05, 4.69) is 10.3 Å². The van der Waals surface area contributed by atoms with Crippen molar-refractivity contribution in [2.75, 3.05) is 18.4 Å². The molecule has 0 aliphatic carbocycles. The Labute approximate surface area is 115 Å². The Kier molecular flexibility index (Phi) is 4.16. The van der Waals surface area contributed by atoms with Crippen molar-refractivity contribution in [1.29, 1.82) is 0 Å². The first kappa shape index (κ1) is 14.0. The molecule has 7 heteroatoms. The highest BCUT2D eigenvalue weighted by Gasteiger charge is 2.29. The summed E-state index contributed by atoms with van der Waals surface area (Å²) in [5, 5.41) is 4.79. The van der Waals surface area contributed by atoms with Crippen molar-refractivity contribution in [3.63, 3.8) is 0 Å². The molecule has 1 aliphatic heterocycles. The number of hydrogen-bond donors (Lipinski definition) is 1. The molecule has 0 saturated carbocycles. The second-order valence-electron chi connectivity index (χ2n) is 4.72. The van der Waals surface area contributed by atoms with Crippen LogP contribution in [0.1, 0.15) is 19.5 Å². The summed E-state index contributed by atoms with van der Waals surface area (Å²) in [6.07, 6.45) is -0.106. The zero-order valence-electron chi connectivity index (χ0n) is 11.2. The van der Waals surface area contributed by atoms with E-state index in [1.807, 2.05) is 26.2 Å². The number of nitrogens with one attached hydrogen (secondary N) is 1. The zero-order valence-corrected chi connectivity index (χ0v) is 12.0. The van der Waals surface area contributed by atoms with Gasteiger partial charge < -0.3 is 9.64 Å². The Morgan fingerprint density at radius 1 is 1.42 bits per heavy atom. The normalized spacial score (nSPS) is 23.2. The number of aryl methyl sites for hydroxylation is 1. The van der Waals surface area contributed by atoms with E-state index in [9.17, 15) is 9.59 Å². The van der Waals surface area contributed by atoms with E-state index in [1.165, 1.54) is 16.2 Å². The fourth-order valence-corrected chi connectivity index (χ4v) is 2.73. The maximum atomic E-state index is 12.0. The number of carbonyl (C=O) groups excluding carboxylic acids is 2.